The Labute approximate surface area is 190 Å². The van der Waals surface area contributed by atoms with Crippen molar-refractivity contribution in [2.45, 2.75) is 13.3 Å². The predicted molar refractivity (Wildman–Crippen MR) is 128 cm³/mol. The SMILES string of the molecule is CC(=O)N1CC(CO)=C(c2ccccc2)C(COCC2=C(c3ccccc3)CCNC2)C1. The number of nitrogens with zero attached hydrogens (tertiary/aromatic N) is 1. The number of hydrogen-bond acceptors (Lipinski definition) is 4. The van der Waals surface area contributed by atoms with E-state index in [1.165, 1.54) is 16.7 Å². The molecular formula is C27H32N2O3. The van der Waals surface area contributed by atoms with E-state index in [1.807, 2.05) is 29.2 Å². The van der Waals surface area contributed by atoms with Crippen LogP contribution in [0.15, 0.2) is 71.8 Å². The second-order valence-corrected chi connectivity index (χ2v) is 8.53. The molecule has 2 heterocycles. The fourth-order valence-corrected chi connectivity index (χ4v) is 4.78. The smallest absolute Gasteiger partial charge is 0.219 e. The number of benzene rings is 2. The number of aliphatic hydroxyl groups excluding tert-OH is 1. The zero-order chi connectivity index (χ0) is 22.3. The van der Waals surface area contributed by atoms with Crippen molar-refractivity contribution in [3.8, 4) is 0 Å². The lowest BCUT2D eigenvalue weighted by Gasteiger charge is -2.36. The average Bonchev–Trinajstić information content (AvgIpc) is 2.85. The van der Waals surface area contributed by atoms with Crippen molar-refractivity contribution < 1.29 is 14.6 Å². The second-order valence-electron chi connectivity index (χ2n) is 8.53. The minimum absolute atomic E-state index is 0.0227. The third-order valence-electron chi connectivity index (χ3n) is 6.37. The summed E-state index contributed by atoms with van der Waals surface area (Å²) in [7, 11) is 0. The van der Waals surface area contributed by atoms with Gasteiger partial charge in [0.25, 0.3) is 0 Å². The van der Waals surface area contributed by atoms with Gasteiger partial charge in [-0.1, -0.05) is 60.7 Å². The van der Waals surface area contributed by atoms with E-state index in [1.54, 1.807) is 6.92 Å². The standard InChI is InChI=1S/C27H32N2O3/c1-20(31)29-15-24(17-30)27(22-10-6-3-7-11-22)25(16-29)19-32-18-23-14-28-13-12-26(23)21-8-4-2-5-9-21/h2-11,25,28,30H,12-19H2,1H3. The van der Waals surface area contributed by atoms with Crippen molar-refractivity contribution in [2.24, 2.45) is 5.92 Å². The number of ether oxygens (including phenoxy) is 1. The molecule has 2 N–H and O–H groups in total. The Morgan fingerprint density at radius 3 is 2.41 bits per heavy atom. The van der Waals surface area contributed by atoms with Gasteiger partial charge in [0.05, 0.1) is 19.8 Å². The number of nitrogens with one attached hydrogen (secondary N) is 1. The summed E-state index contributed by atoms with van der Waals surface area (Å²) in [5, 5.41) is 13.5. The molecule has 2 aliphatic heterocycles. The maximum Gasteiger partial charge on any atom is 0.219 e. The first-order valence-electron chi connectivity index (χ1n) is 11.4. The molecule has 0 saturated carbocycles. The number of hydrogen-bond donors (Lipinski definition) is 2. The van der Waals surface area contributed by atoms with Crippen LogP contribution in [0.3, 0.4) is 0 Å². The summed E-state index contributed by atoms with van der Waals surface area (Å²) in [6.07, 6.45) is 0.994. The molecule has 0 aliphatic carbocycles. The number of rotatable bonds is 7. The second kappa shape index (κ2) is 10.7. The Kier molecular flexibility index (Phi) is 7.53. The molecule has 0 bridgehead atoms. The van der Waals surface area contributed by atoms with E-state index in [-0.39, 0.29) is 18.4 Å². The van der Waals surface area contributed by atoms with Crippen LogP contribution in [0, 0.1) is 5.92 Å². The van der Waals surface area contributed by atoms with Crippen LogP contribution in [0.5, 0.6) is 0 Å². The summed E-state index contributed by atoms with van der Waals surface area (Å²) in [5.41, 5.74) is 7.03. The first-order chi connectivity index (χ1) is 15.7. The normalized spacial score (nSPS) is 19.4. The summed E-state index contributed by atoms with van der Waals surface area (Å²) in [6, 6.07) is 20.7. The zero-order valence-electron chi connectivity index (χ0n) is 18.7. The first kappa shape index (κ1) is 22.5. The van der Waals surface area contributed by atoms with Gasteiger partial charge in [-0.15, -0.1) is 0 Å². The van der Waals surface area contributed by atoms with Gasteiger partial charge in [-0.2, -0.15) is 0 Å². The van der Waals surface area contributed by atoms with E-state index in [0.29, 0.717) is 26.3 Å². The number of carbonyl (C=O) groups is 1. The van der Waals surface area contributed by atoms with Gasteiger partial charge in [0.2, 0.25) is 5.91 Å². The molecule has 5 heteroatoms. The topological polar surface area (TPSA) is 61.8 Å². The Balaban J connectivity index is 1.54. The van der Waals surface area contributed by atoms with Crippen molar-refractivity contribution in [2.75, 3.05) is 46.0 Å². The largest absolute Gasteiger partial charge is 0.392 e. The van der Waals surface area contributed by atoms with Crippen LogP contribution >= 0.6 is 0 Å². The summed E-state index contributed by atoms with van der Waals surface area (Å²) >= 11 is 0. The Morgan fingerprint density at radius 1 is 1.06 bits per heavy atom. The highest BCUT2D eigenvalue weighted by atomic mass is 16.5. The molecular weight excluding hydrogens is 400 g/mol. The van der Waals surface area contributed by atoms with Crippen LogP contribution in [-0.2, 0) is 9.53 Å². The fourth-order valence-electron chi connectivity index (χ4n) is 4.78. The summed E-state index contributed by atoms with van der Waals surface area (Å²) in [5.74, 6) is 0.0492. The maximum absolute atomic E-state index is 12.1. The average molecular weight is 433 g/mol. The molecule has 0 aromatic heterocycles. The predicted octanol–water partition coefficient (Wildman–Crippen LogP) is 3.37. The molecule has 0 fully saturated rings. The molecule has 32 heavy (non-hydrogen) atoms. The monoisotopic (exact) mass is 432 g/mol. The fraction of sp³-hybridized carbons (Fsp3) is 0.370. The number of carbonyl (C=O) groups excluding carboxylic acids is 1. The van der Waals surface area contributed by atoms with E-state index in [0.717, 1.165) is 36.2 Å². The van der Waals surface area contributed by atoms with Crippen molar-refractivity contribution >= 4 is 17.1 Å². The third kappa shape index (κ3) is 5.18. The Hall–Kier alpha value is -2.73. The van der Waals surface area contributed by atoms with Crippen LogP contribution in [0.25, 0.3) is 11.1 Å². The molecule has 5 nitrogen and oxygen atoms in total. The molecule has 0 saturated heterocycles. The lowest BCUT2D eigenvalue weighted by molar-refractivity contribution is -0.129. The van der Waals surface area contributed by atoms with Gasteiger partial charge in [0, 0.05) is 32.5 Å². The van der Waals surface area contributed by atoms with Crippen LogP contribution in [0.4, 0.5) is 0 Å². The Bertz CT molecular complexity index is 982. The van der Waals surface area contributed by atoms with Gasteiger partial charge in [0.15, 0.2) is 0 Å². The molecule has 1 amide bonds. The van der Waals surface area contributed by atoms with Crippen molar-refractivity contribution in [3.63, 3.8) is 0 Å². The Morgan fingerprint density at radius 2 is 1.75 bits per heavy atom. The molecule has 4 rings (SSSR count). The quantitative estimate of drug-likeness (QED) is 0.704. The lowest BCUT2D eigenvalue weighted by Crippen LogP contribution is -2.42. The minimum Gasteiger partial charge on any atom is -0.392 e. The van der Waals surface area contributed by atoms with Gasteiger partial charge in [-0.05, 0) is 46.4 Å². The highest BCUT2D eigenvalue weighted by molar-refractivity contribution is 5.78. The summed E-state index contributed by atoms with van der Waals surface area (Å²) < 4.78 is 6.29. The molecule has 0 spiro atoms. The van der Waals surface area contributed by atoms with Gasteiger partial charge in [-0.25, -0.2) is 0 Å². The van der Waals surface area contributed by atoms with Crippen molar-refractivity contribution in [1.29, 1.82) is 0 Å². The van der Waals surface area contributed by atoms with Crippen LogP contribution < -0.4 is 5.32 Å². The van der Waals surface area contributed by atoms with E-state index in [2.05, 4.69) is 41.7 Å². The van der Waals surface area contributed by atoms with Gasteiger partial charge in [-0.3, -0.25) is 4.79 Å². The van der Waals surface area contributed by atoms with Crippen LogP contribution in [-0.4, -0.2) is 61.9 Å². The van der Waals surface area contributed by atoms with Gasteiger partial charge >= 0.3 is 0 Å². The zero-order valence-corrected chi connectivity index (χ0v) is 18.7. The first-order valence-corrected chi connectivity index (χ1v) is 11.4. The molecule has 168 valence electrons. The highest BCUT2D eigenvalue weighted by Gasteiger charge is 2.30. The summed E-state index contributed by atoms with van der Waals surface area (Å²) in [6.45, 7) is 5.48. The van der Waals surface area contributed by atoms with Crippen LogP contribution in [0.2, 0.25) is 0 Å². The molecule has 2 aromatic carbocycles. The van der Waals surface area contributed by atoms with E-state index < -0.39 is 0 Å². The van der Waals surface area contributed by atoms with Crippen molar-refractivity contribution in [1.82, 2.24) is 10.2 Å². The van der Waals surface area contributed by atoms with E-state index in [4.69, 9.17) is 4.74 Å². The van der Waals surface area contributed by atoms with E-state index in [9.17, 15) is 9.90 Å². The molecule has 0 radical (unpaired) electrons. The third-order valence-corrected chi connectivity index (χ3v) is 6.37. The molecule has 1 unspecified atom stereocenters. The van der Waals surface area contributed by atoms with Gasteiger partial charge in [0.1, 0.15) is 0 Å². The van der Waals surface area contributed by atoms with Gasteiger partial charge < -0.3 is 20.1 Å². The van der Waals surface area contributed by atoms with Crippen molar-refractivity contribution in [3.05, 3.63) is 82.9 Å². The van der Waals surface area contributed by atoms with Crippen LogP contribution in [0.1, 0.15) is 24.5 Å². The summed E-state index contributed by atoms with van der Waals surface area (Å²) in [4.78, 5) is 13.9. The number of aliphatic hydroxyl groups is 1. The lowest BCUT2D eigenvalue weighted by atomic mass is 9.85. The number of amides is 1. The molecule has 1 atom stereocenters. The minimum atomic E-state index is -0.0578. The highest BCUT2D eigenvalue weighted by Crippen LogP contribution is 2.33. The molecule has 2 aliphatic rings. The maximum atomic E-state index is 12.1. The molecule has 2 aromatic rings. The van der Waals surface area contributed by atoms with E-state index >= 15 is 0 Å².